The summed E-state index contributed by atoms with van der Waals surface area (Å²) < 4.78 is 17.0. The van der Waals surface area contributed by atoms with Crippen molar-refractivity contribution in [3.8, 4) is 17.4 Å². The van der Waals surface area contributed by atoms with Gasteiger partial charge in [0.05, 0.1) is 18.5 Å². The maximum Gasteiger partial charge on any atom is 0.274 e. The lowest BCUT2D eigenvalue weighted by Gasteiger charge is -2.32. The number of hydrogen-bond acceptors (Lipinski definition) is 9. The number of anilines is 2. The molecule has 2 aliphatic carbocycles. The standard InChI is InChI=1S/C26H25ClN8O4/c1-33-12-14(13-3-4-13)9-15(25(33)37)31-26-32-23-22(34(26)2)20(27)18(10-29-23)38-19-11-30-35-8-7-28-24(21(19)35)39-17-6-5-16(17)36/h7-13,16-17,36H,3-6H2,1-2H3,(H,29,31,32)/t16-,17+/m1/s1. The number of aryl methyl sites for hydroxylation is 2. The summed E-state index contributed by atoms with van der Waals surface area (Å²) >= 11 is 6.81. The van der Waals surface area contributed by atoms with Crippen LogP contribution in [0.3, 0.4) is 0 Å². The van der Waals surface area contributed by atoms with E-state index in [4.69, 9.17) is 21.1 Å². The normalized spacial score (nSPS) is 18.9. The molecule has 200 valence electrons. The number of aliphatic hydroxyl groups excluding tert-OH is 1. The Bertz CT molecular complexity index is 1810. The van der Waals surface area contributed by atoms with Crippen molar-refractivity contribution in [2.45, 2.75) is 43.8 Å². The second kappa shape index (κ2) is 8.95. The molecule has 12 nitrogen and oxygen atoms in total. The summed E-state index contributed by atoms with van der Waals surface area (Å²) in [6, 6.07) is 1.89. The molecule has 2 saturated carbocycles. The number of fused-ring (bicyclic) bond motifs is 2. The zero-order chi connectivity index (χ0) is 26.8. The van der Waals surface area contributed by atoms with Crippen molar-refractivity contribution in [3.63, 3.8) is 0 Å². The Morgan fingerprint density at radius 3 is 2.69 bits per heavy atom. The number of ether oxygens (including phenoxy) is 2. The number of nitrogens with one attached hydrogen (secondary N) is 1. The maximum atomic E-state index is 12.8. The molecular weight excluding hydrogens is 524 g/mol. The summed E-state index contributed by atoms with van der Waals surface area (Å²) in [5, 5.41) is 17.8. The van der Waals surface area contributed by atoms with Gasteiger partial charge in [0.15, 0.2) is 22.7 Å². The van der Waals surface area contributed by atoms with Gasteiger partial charge in [-0.25, -0.2) is 14.5 Å². The molecule has 0 unspecified atom stereocenters. The molecular formula is C26H25ClN8O4. The fourth-order valence-electron chi connectivity index (χ4n) is 4.78. The third kappa shape index (κ3) is 4.07. The lowest BCUT2D eigenvalue weighted by Crippen LogP contribution is -2.41. The molecule has 2 fully saturated rings. The second-order valence-corrected chi connectivity index (χ2v) is 10.4. The predicted molar refractivity (Wildman–Crippen MR) is 143 cm³/mol. The van der Waals surface area contributed by atoms with Crippen LogP contribution >= 0.6 is 11.6 Å². The Hall–Kier alpha value is -4.16. The van der Waals surface area contributed by atoms with Gasteiger partial charge in [-0.3, -0.25) is 4.79 Å². The van der Waals surface area contributed by atoms with E-state index in [1.807, 2.05) is 12.3 Å². The fraction of sp³-hybridized carbons (Fsp3) is 0.346. The summed E-state index contributed by atoms with van der Waals surface area (Å²) in [4.78, 5) is 26.2. The first-order valence-electron chi connectivity index (χ1n) is 12.7. The van der Waals surface area contributed by atoms with Crippen LogP contribution in [0.15, 0.2) is 41.8 Å². The van der Waals surface area contributed by atoms with E-state index >= 15 is 0 Å². The van der Waals surface area contributed by atoms with E-state index in [0.29, 0.717) is 63.1 Å². The number of hydrogen-bond donors (Lipinski definition) is 2. The molecule has 0 saturated heterocycles. The lowest BCUT2D eigenvalue weighted by atomic mass is 9.92. The molecule has 2 aliphatic rings. The van der Waals surface area contributed by atoms with Crippen LogP contribution in [0.1, 0.15) is 37.2 Å². The lowest BCUT2D eigenvalue weighted by molar-refractivity contribution is -0.0377. The highest BCUT2D eigenvalue weighted by molar-refractivity contribution is 6.36. The van der Waals surface area contributed by atoms with Gasteiger partial charge in [0.25, 0.3) is 5.56 Å². The minimum absolute atomic E-state index is 0.149. The molecule has 7 rings (SSSR count). The summed E-state index contributed by atoms with van der Waals surface area (Å²) in [6.07, 6.45) is 11.0. The molecule has 13 heteroatoms. The molecule has 39 heavy (non-hydrogen) atoms. The van der Waals surface area contributed by atoms with Crippen molar-refractivity contribution in [2.24, 2.45) is 14.1 Å². The quantitative estimate of drug-likeness (QED) is 0.312. The number of aliphatic hydroxyl groups is 1. The molecule has 0 spiro atoms. The van der Waals surface area contributed by atoms with E-state index in [2.05, 4.69) is 25.4 Å². The van der Waals surface area contributed by atoms with Crippen molar-refractivity contribution in [1.29, 1.82) is 0 Å². The molecule has 0 radical (unpaired) electrons. The molecule has 5 aromatic heterocycles. The number of imidazole rings is 1. The Balaban J connectivity index is 1.22. The van der Waals surface area contributed by atoms with E-state index in [0.717, 1.165) is 24.8 Å². The van der Waals surface area contributed by atoms with Gasteiger partial charge in [0.1, 0.15) is 22.3 Å². The van der Waals surface area contributed by atoms with Crippen molar-refractivity contribution in [1.82, 2.24) is 33.7 Å². The molecule has 2 atom stereocenters. The van der Waals surface area contributed by atoms with Crippen LogP contribution in [-0.2, 0) is 14.1 Å². The molecule has 0 aliphatic heterocycles. The van der Waals surface area contributed by atoms with Crippen LogP contribution in [0.4, 0.5) is 11.6 Å². The van der Waals surface area contributed by atoms with Crippen LogP contribution in [-0.4, -0.2) is 51.0 Å². The van der Waals surface area contributed by atoms with Crippen molar-refractivity contribution < 1.29 is 14.6 Å². The SMILES string of the molecule is Cn1cc(C2CC2)cc(Nc2nc3ncc(Oc4cnn5ccnc(O[C@H]6CC[C@H]6O)c45)c(Cl)c3n2C)c1=O. The van der Waals surface area contributed by atoms with Gasteiger partial charge < -0.3 is 29.0 Å². The average molecular weight is 549 g/mol. The number of halogens is 1. The first kappa shape index (κ1) is 23.9. The van der Waals surface area contributed by atoms with E-state index in [1.165, 1.54) is 6.20 Å². The maximum absolute atomic E-state index is 12.8. The summed E-state index contributed by atoms with van der Waals surface area (Å²) in [5.74, 6) is 1.89. The van der Waals surface area contributed by atoms with Crippen LogP contribution < -0.4 is 20.3 Å². The van der Waals surface area contributed by atoms with Crippen LogP contribution in [0.2, 0.25) is 5.02 Å². The minimum atomic E-state index is -0.524. The van der Waals surface area contributed by atoms with Crippen LogP contribution in [0, 0.1) is 0 Å². The Labute approximate surface area is 226 Å². The summed E-state index contributed by atoms with van der Waals surface area (Å²) in [6.45, 7) is 0. The first-order chi connectivity index (χ1) is 18.9. The number of pyridine rings is 2. The topological polar surface area (TPSA) is 134 Å². The number of aromatic nitrogens is 7. The van der Waals surface area contributed by atoms with E-state index in [1.54, 1.807) is 46.3 Å². The highest BCUT2D eigenvalue weighted by Crippen LogP contribution is 2.41. The highest BCUT2D eigenvalue weighted by atomic mass is 35.5. The summed E-state index contributed by atoms with van der Waals surface area (Å²) in [7, 11) is 3.54. The Morgan fingerprint density at radius 2 is 1.95 bits per heavy atom. The predicted octanol–water partition coefficient (Wildman–Crippen LogP) is 3.68. The van der Waals surface area contributed by atoms with E-state index in [-0.39, 0.29) is 11.7 Å². The minimum Gasteiger partial charge on any atom is -0.470 e. The third-order valence-electron chi connectivity index (χ3n) is 7.33. The highest BCUT2D eigenvalue weighted by Gasteiger charge is 2.32. The molecule has 2 N–H and O–H groups in total. The monoisotopic (exact) mass is 548 g/mol. The van der Waals surface area contributed by atoms with Gasteiger partial charge in [-0.1, -0.05) is 11.6 Å². The molecule has 0 amide bonds. The molecule has 0 aromatic carbocycles. The van der Waals surface area contributed by atoms with Gasteiger partial charge in [0.2, 0.25) is 11.8 Å². The summed E-state index contributed by atoms with van der Waals surface area (Å²) in [5.41, 5.74) is 2.86. The largest absolute Gasteiger partial charge is 0.470 e. The zero-order valence-corrected chi connectivity index (χ0v) is 22.0. The Kier molecular flexibility index (Phi) is 5.49. The van der Waals surface area contributed by atoms with Crippen LogP contribution in [0.25, 0.3) is 16.7 Å². The van der Waals surface area contributed by atoms with Crippen molar-refractivity contribution in [2.75, 3.05) is 5.32 Å². The molecule has 0 bridgehead atoms. The van der Waals surface area contributed by atoms with Gasteiger partial charge in [0, 0.05) is 32.7 Å². The Morgan fingerprint density at radius 1 is 1.10 bits per heavy atom. The van der Waals surface area contributed by atoms with Gasteiger partial charge in [-0.15, -0.1) is 0 Å². The van der Waals surface area contributed by atoms with Gasteiger partial charge in [-0.2, -0.15) is 10.1 Å². The second-order valence-electron chi connectivity index (χ2n) is 10.0. The van der Waals surface area contributed by atoms with E-state index in [9.17, 15) is 9.90 Å². The van der Waals surface area contributed by atoms with Crippen LogP contribution in [0.5, 0.6) is 17.4 Å². The average Bonchev–Trinajstić information content (AvgIpc) is 3.62. The number of nitrogens with zero attached hydrogens (tertiary/aromatic N) is 7. The van der Waals surface area contributed by atoms with Crippen molar-refractivity contribution >= 4 is 39.9 Å². The fourth-order valence-corrected chi connectivity index (χ4v) is 5.08. The smallest absolute Gasteiger partial charge is 0.274 e. The van der Waals surface area contributed by atoms with Gasteiger partial charge in [-0.05, 0) is 43.2 Å². The number of rotatable bonds is 7. The third-order valence-corrected chi connectivity index (χ3v) is 7.69. The molecule has 5 heterocycles. The van der Waals surface area contributed by atoms with E-state index < -0.39 is 6.10 Å². The van der Waals surface area contributed by atoms with Gasteiger partial charge >= 0.3 is 0 Å². The van der Waals surface area contributed by atoms with Crippen molar-refractivity contribution in [3.05, 3.63) is 58.0 Å². The zero-order valence-electron chi connectivity index (χ0n) is 21.2. The molecule has 5 aromatic rings. The first-order valence-corrected chi connectivity index (χ1v) is 13.1.